The van der Waals surface area contributed by atoms with E-state index in [-0.39, 0.29) is 12.0 Å². The molecule has 27 heavy (non-hydrogen) atoms. The molecule has 2 heterocycles. The summed E-state index contributed by atoms with van der Waals surface area (Å²) in [6, 6.07) is 11.8. The maximum Gasteiger partial charge on any atom is 0.409 e. The number of hydrogen-bond acceptors (Lipinski definition) is 4. The van der Waals surface area contributed by atoms with E-state index in [1.165, 1.54) is 0 Å². The number of rotatable bonds is 4. The summed E-state index contributed by atoms with van der Waals surface area (Å²) in [6.45, 7) is 4.12. The summed E-state index contributed by atoms with van der Waals surface area (Å²) in [5.41, 5.74) is 1.65. The van der Waals surface area contributed by atoms with Gasteiger partial charge in [-0.1, -0.05) is 34.1 Å². The molecule has 0 unspecified atom stereocenters. The molecule has 1 saturated heterocycles. The Morgan fingerprint density at radius 1 is 1.11 bits per heavy atom. The first-order valence-electron chi connectivity index (χ1n) is 8.80. The fraction of sp³-hybridized carbons (Fsp3) is 0.300. The molecule has 0 atom stereocenters. The van der Waals surface area contributed by atoms with Crippen LogP contribution in [0.25, 0.3) is 11.6 Å². The Labute approximate surface area is 171 Å². The quantitative estimate of drug-likeness (QED) is 0.653. The van der Waals surface area contributed by atoms with Crippen molar-refractivity contribution in [2.75, 3.05) is 32.8 Å². The molecule has 5 nitrogen and oxygen atoms in total. The molecule has 7 heteroatoms. The van der Waals surface area contributed by atoms with Crippen molar-refractivity contribution < 1.29 is 14.3 Å². The molecule has 1 aromatic heterocycles. The average molecular weight is 449 g/mol. The van der Waals surface area contributed by atoms with Crippen molar-refractivity contribution >= 4 is 50.9 Å². The van der Waals surface area contributed by atoms with E-state index < -0.39 is 0 Å². The van der Waals surface area contributed by atoms with Gasteiger partial charge in [-0.05, 0) is 42.1 Å². The summed E-state index contributed by atoms with van der Waals surface area (Å²) >= 11 is 4.98. The molecule has 0 radical (unpaired) electrons. The van der Waals surface area contributed by atoms with E-state index in [0.717, 1.165) is 14.9 Å². The second kappa shape index (κ2) is 9.19. The molecule has 1 aromatic carbocycles. The van der Waals surface area contributed by atoms with Gasteiger partial charge in [0.2, 0.25) is 0 Å². The Balaban J connectivity index is 1.77. The van der Waals surface area contributed by atoms with Crippen LogP contribution in [-0.4, -0.2) is 54.6 Å². The van der Waals surface area contributed by atoms with E-state index in [1.54, 1.807) is 28.1 Å². The Morgan fingerprint density at radius 3 is 2.37 bits per heavy atom. The van der Waals surface area contributed by atoms with E-state index >= 15 is 0 Å². The fourth-order valence-electron chi connectivity index (χ4n) is 2.87. The van der Waals surface area contributed by atoms with Gasteiger partial charge in [0.05, 0.1) is 12.2 Å². The standard InChI is InChI=1S/C20H21BrN2O3S/c1-2-26-20(25)23-11-9-22(10-12-23)19(24)17(18-4-3-13-27-18)14-15-5-7-16(21)8-6-15/h3-8,13-14H,2,9-12H2,1H3/b17-14+. The molecule has 0 saturated carbocycles. The van der Waals surface area contributed by atoms with Crippen LogP contribution in [0, 0.1) is 0 Å². The van der Waals surface area contributed by atoms with Crippen LogP contribution in [-0.2, 0) is 9.53 Å². The Morgan fingerprint density at radius 2 is 1.78 bits per heavy atom. The minimum absolute atomic E-state index is 0.0103. The van der Waals surface area contributed by atoms with Gasteiger partial charge in [0.1, 0.15) is 0 Å². The van der Waals surface area contributed by atoms with E-state index in [0.29, 0.717) is 38.4 Å². The zero-order chi connectivity index (χ0) is 19.2. The van der Waals surface area contributed by atoms with Gasteiger partial charge >= 0.3 is 6.09 Å². The minimum atomic E-state index is -0.312. The third kappa shape index (κ3) is 4.99. The molecule has 0 N–H and O–H groups in total. The summed E-state index contributed by atoms with van der Waals surface area (Å²) in [4.78, 5) is 29.4. The lowest BCUT2D eigenvalue weighted by molar-refractivity contribution is -0.126. The molecule has 142 valence electrons. The lowest BCUT2D eigenvalue weighted by atomic mass is 10.1. The highest BCUT2D eigenvalue weighted by molar-refractivity contribution is 9.10. The number of piperazine rings is 1. The highest BCUT2D eigenvalue weighted by atomic mass is 79.9. The summed E-state index contributed by atoms with van der Waals surface area (Å²) in [5.74, 6) is -0.0103. The highest BCUT2D eigenvalue weighted by Gasteiger charge is 2.27. The lowest BCUT2D eigenvalue weighted by Gasteiger charge is -2.34. The van der Waals surface area contributed by atoms with Crippen molar-refractivity contribution in [3.63, 3.8) is 0 Å². The highest BCUT2D eigenvalue weighted by Crippen LogP contribution is 2.26. The third-order valence-electron chi connectivity index (χ3n) is 4.29. The topological polar surface area (TPSA) is 49.9 Å². The zero-order valence-electron chi connectivity index (χ0n) is 15.1. The molecule has 0 bridgehead atoms. The summed E-state index contributed by atoms with van der Waals surface area (Å²) in [6.07, 6.45) is 1.62. The molecule has 2 aromatic rings. The summed E-state index contributed by atoms with van der Waals surface area (Å²) in [7, 11) is 0. The average Bonchev–Trinajstić information content (AvgIpc) is 3.22. The molecule has 0 aliphatic carbocycles. The summed E-state index contributed by atoms with van der Waals surface area (Å²) in [5, 5.41) is 1.97. The molecular weight excluding hydrogens is 428 g/mol. The molecule has 3 rings (SSSR count). The number of nitrogens with zero attached hydrogens (tertiary/aromatic N) is 2. The summed E-state index contributed by atoms with van der Waals surface area (Å²) < 4.78 is 6.04. The smallest absolute Gasteiger partial charge is 0.409 e. The van der Waals surface area contributed by atoms with Crippen LogP contribution in [0.3, 0.4) is 0 Å². The van der Waals surface area contributed by atoms with Crippen molar-refractivity contribution in [3.8, 4) is 0 Å². The van der Waals surface area contributed by atoms with E-state index in [1.807, 2.05) is 47.9 Å². The van der Waals surface area contributed by atoms with Gasteiger partial charge in [-0.2, -0.15) is 0 Å². The predicted molar refractivity (Wildman–Crippen MR) is 112 cm³/mol. The fourth-order valence-corrected chi connectivity index (χ4v) is 3.87. The van der Waals surface area contributed by atoms with Gasteiger partial charge in [0, 0.05) is 35.5 Å². The van der Waals surface area contributed by atoms with Crippen LogP contribution < -0.4 is 0 Å². The van der Waals surface area contributed by atoms with E-state index in [4.69, 9.17) is 4.74 Å². The van der Waals surface area contributed by atoms with Crippen molar-refractivity contribution in [2.24, 2.45) is 0 Å². The maximum absolute atomic E-state index is 13.2. The van der Waals surface area contributed by atoms with Gasteiger partial charge in [0.25, 0.3) is 5.91 Å². The van der Waals surface area contributed by atoms with Crippen LogP contribution in [0.5, 0.6) is 0 Å². The molecule has 0 spiro atoms. The first kappa shape index (κ1) is 19.6. The van der Waals surface area contributed by atoms with Gasteiger partial charge < -0.3 is 14.5 Å². The van der Waals surface area contributed by atoms with Crippen molar-refractivity contribution in [2.45, 2.75) is 6.92 Å². The largest absolute Gasteiger partial charge is 0.450 e. The van der Waals surface area contributed by atoms with Crippen LogP contribution >= 0.6 is 27.3 Å². The second-order valence-electron chi connectivity index (χ2n) is 6.07. The molecule has 1 aliphatic heterocycles. The van der Waals surface area contributed by atoms with E-state index in [2.05, 4.69) is 15.9 Å². The molecule has 2 amide bonds. The molecular formula is C20H21BrN2O3S. The lowest BCUT2D eigenvalue weighted by Crippen LogP contribution is -2.50. The second-order valence-corrected chi connectivity index (χ2v) is 7.93. The number of ether oxygens (including phenoxy) is 1. The zero-order valence-corrected chi connectivity index (χ0v) is 17.5. The SMILES string of the molecule is CCOC(=O)N1CCN(C(=O)/C(=C/c2ccc(Br)cc2)c2cccs2)CC1. The minimum Gasteiger partial charge on any atom is -0.450 e. The maximum atomic E-state index is 13.2. The van der Waals surface area contributed by atoms with Gasteiger partial charge in [-0.15, -0.1) is 11.3 Å². The Hall–Kier alpha value is -2.12. The number of carbonyl (C=O) groups is 2. The third-order valence-corrected chi connectivity index (χ3v) is 5.72. The number of hydrogen-bond donors (Lipinski definition) is 0. The van der Waals surface area contributed by atoms with Crippen LogP contribution in [0.15, 0.2) is 46.3 Å². The number of thiophene rings is 1. The predicted octanol–water partition coefficient (Wildman–Crippen LogP) is 4.35. The number of benzene rings is 1. The van der Waals surface area contributed by atoms with Gasteiger partial charge in [0.15, 0.2) is 0 Å². The van der Waals surface area contributed by atoms with Crippen molar-refractivity contribution in [1.82, 2.24) is 9.80 Å². The van der Waals surface area contributed by atoms with Crippen LogP contribution in [0.4, 0.5) is 4.79 Å². The van der Waals surface area contributed by atoms with Gasteiger partial charge in [-0.3, -0.25) is 4.79 Å². The first-order chi connectivity index (χ1) is 13.1. The van der Waals surface area contributed by atoms with Gasteiger partial charge in [-0.25, -0.2) is 4.79 Å². The van der Waals surface area contributed by atoms with Crippen LogP contribution in [0.1, 0.15) is 17.4 Å². The number of amides is 2. The first-order valence-corrected chi connectivity index (χ1v) is 10.5. The monoisotopic (exact) mass is 448 g/mol. The Kier molecular flexibility index (Phi) is 6.68. The van der Waals surface area contributed by atoms with Crippen molar-refractivity contribution in [1.29, 1.82) is 0 Å². The van der Waals surface area contributed by atoms with E-state index in [9.17, 15) is 9.59 Å². The normalized spacial score (nSPS) is 15.0. The Bertz CT molecular complexity index is 810. The molecule has 1 aliphatic rings. The molecule has 1 fully saturated rings. The number of carbonyl (C=O) groups excluding carboxylic acids is 2. The number of halogens is 1. The van der Waals surface area contributed by atoms with Crippen LogP contribution in [0.2, 0.25) is 0 Å². The van der Waals surface area contributed by atoms with Crippen molar-refractivity contribution in [3.05, 3.63) is 56.7 Å².